The number of aryl methyl sites for hydroxylation is 1. The summed E-state index contributed by atoms with van der Waals surface area (Å²) < 4.78 is 4.26. The monoisotopic (exact) mass is 550 g/mol. The van der Waals surface area contributed by atoms with Gasteiger partial charge in [-0.25, -0.2) is 9.78 Å². The standard InChI is InChI=1S/C37H34N4O/c1-3-33-32(25-39-24-23-34-27(2)31-21-13-14-22-35(31)41(34)36(39)42)38-26-40(33)37(28-15-7-4-8-16-28,29-17-9-5-10-18-29)30-19-11-6-12-20-30/h4-22,26H,3,23-25H2,1-2H3. The fourth-order valence-corrected chi connectivity index (χ4v) is 6.94. The predicted octanol–water partition coefficient (Wildman–Crippen LogP) is 7.58. The lowest BCUT2D eigenvalue weighted by atomic mass is 9.76. The second kappa shape index (κ2) is 10.5. The highest BCUT2D eigenvalue weighted by molar-refractivity contribution is 5.96. The van der Waals surface area contributed by atoms with E-state index in [9.17, 15) is 4.79 Å². The van der Waals surface area contributed by atoms with Gasteiger partial charge in [0.25, 0.3) is 0 Å². The Kier molecular flexibility index (Phi) is 6.50. The lowest BCUT2D eigenvalue weighted by Crippen LogP contribution is -2.41. The van der Waals surface area contributed by atoms with Gasteiger partial charge in [0.05, 0.1) is 24.1 Å². The van der Waals surface area contributed by atoms with Crippen molar-refractivity contribution in [3.8, 4) is 0 Å². The van der Waals surface area contributed by atoms with Crippen LogP contribution in [0.1, 0.15) is 46.3 Å². The molecule has 0 saturated carbocycles. The fraction of sp³-hybridized carbons (Fsp3) is 0.189. The van der Waals surface area contributed by atoms with Gasteiger partial charge in [-0.2, -0.15) is 0 Å². The Labute approximate surface area is 246 Å². The van der Waals surface area contributed by atoms with Gasteiger partial charge in [0.1, 0.15) is 5.54 Å². The van der Waals surface area contributed by atoms with Gasteiger partial charge in [0.2, 0.25) is 0 Å². The average Bonchev–Trinajstić information content (AvgIpc) is 3.59. The van der Waals surface area contributed by atoms with Gasteiger partial charge in [0, 0.05) is 29.7 Å². The normalized spacial score (nSPS) is 13.5. The highest BCUT2D eigenvalue weighted by Gasteiger charge is 2.40. The van der Waals surface area contributed by atoms with E-state index in [0.29, 0.717) is 13.1 Å². The molecule has 3 heterocycles. The summed E-state index contributed by atoms with van der Waals surface area (Å²) in [5, 5.41) is 1.15. The van der Waals surface area contributed by atoms with Gasteiger partial charge in [-0.3, -0.25) is 4.57 Å². The number of nitrogens with zero attached hydrogens (tertiary/aromatic N) is 4. The molecular weight excluding hydrogens is 516 g/mol. The van der Waals surface area contributed by atoms with Crippen LogP contribution in [-0.4, -0.2) is 31.6 Å². The lowest BCUT2D eigenvalue weighted by molar-refractivity contribution is 0.190. The molecule has 5 heteroatoms. The van der Waals surface area contributed by atoms with E-state index >= 15 is 0 Å². The number of carbonyl (C=O) groups excluding carboxylic acids is 1. The number of imidazole rings is 1. The van der Waals surface area contributed by atoms with E-state index in [-0.39, 0.29) is 6.03 Å². The number of fused-ring (bicyclic) bond motifs is 3. The summed E-state index contributed by atoms with van der Waals surface area (Å²) in [6, 6.07) is 40.3. The molecule has 0 radical (unpaired) electrons. The summed E-state index contributed by atoms with van der Waals surface area (Å²) in [5.41, 5.74) is 8.22. The molecule has 1 aliphatic rings. The van der Waals surface area contributed by atoms with Gasteiger partial charge in [0.15, 0.2) is 0 Å². The van der Waals surface area contributed by atoms with Crippen molar-refractivity contribution < 1.29 is 4.79 Å². The largest absolute Gasteiger partial charge is 0.329 e. The summed E-state index contributed by atoms with van der Waals surface area (Å²) in [6.45, 7) is 5.45. The molecule has 5 nitrogen and oxygen atoms in total. The van der Waals surface area contributed by atoms with Crippen LogP contribution in [0.4, 0.5) is 4.79 Å². The molecule has 1 aliphatic heterocycles. The van der Waals surface area contributed by atoms with Crippen LogP contribution in [-0.2, 0) is 24.9 Å². The third kappa shape index (κ3) is 3.92. The van der Waals surface area contributed by atoms with E-state index in [0.717, 1.165) is 57.5 Å². The summed E-state index contributed by atoms with van der Waals surface area (Å²) >= 11 is 0. The molecule has 6 aromatic rings. The first-order valence-electron chi connectivity index (χ1n) is 14.7. The molecule has 0 fully saturated rings. The number of hydrogen-bond donors (Lipinski definition) is 0. The first-order chi connectivity index (χ1) is 20.6. The summed E-state index contributed by atoms with van der Waals surface area (Å²) in [7, 11) is 0. The van der Waals surface area contributed by atoms with E-state index in [1.807, 2.05) is 34.0 Å². The Morgan fingerprint density at radius 2 is 1.31 bits per heavy atom. The van der Waals surface area contributed by atoms with Crippen molar-refractivity contribution in [2.24, 2.45) is 0 Å². The molecule has 0 unspecified atom stereocenters. The Morgan fingerprint density at radius 1 is 0.762 bits per heavy atom. The predicted molar refractivity (Wildman–Crippen MR) is 168 cm³/mol. The molecule has 4 aromatic carbocycles. The van der Waals surface area contributed by atoms with Gasteiger partial charge in [-0.15, -0.1) is 0 Å². The molecule has 0 aliphatic carbocycles. The quantitative estimate of drug-likeness (QED) is 0.192. The van der Waals surface area contributed by atoms with Crippen LogP contribution in [0.15, 0.2) is 122 Å². The molecule has 0 bridgehead atoms. The van der Waals surface area contributed by atoms with Crippen molar-refractivity contribution in [2.75, 3.05) is 6.54 Å². The zero-order valence-electron chi connectivity index (χ0n) is 24.1. The topological polar surface area (TPSA) is 43.1 Å². The fourth-order valence-electron chi connectivity index (χ4n) is 6.94. The maximum absolute atomic E-state index is 14.0. The third-order valence-corrected chi connectivity index (χ3v) is 8.90. The number of rotatable bonds is 7. The van der Waals surface area contributed by atoms with Crippen LogP contribution in [0, 0.1) is 6.92 Å². The molecule has 0 atom stereocenters. The summed E-state index contributed by atoms with van der Waals surface area (Å²) in [5.74, 6) is 0. The zero-order chi connectivity index (χ0) is 28.7. The maximum atomic E-state index is 14.0. The van der Waals surface area contributed by atoms with Crippen LogP contribution in [0.2, 0.25) is 0 Å². The van der Waals surface area contributed by atoms with E-state index in [2.05, 4.69) is 115 Å². The lowest BCUT2D eigenvalue weighted by Gasteiger charge is -2.39. The molecule has 0 saturated heterocycles. The van der Waals surface area contributed by atoms with E-state index < -0.39 is 5.54 Å². The van der Waals surface area contributed by atoms with Crippen LogP contribution in [0.25, 0.3) is 10.9 Å². The van der Waals surface area contributed by atoms with Crippen molar-refractivity contribution in [1.29, 1.82) is 0 Å². The molecule has 208 valence electrons. The molecule has 0 spiro atoms. The SMILES string of the molecule is CCc1c(CN2CCc3c(C)c4ccccc4n3C2=O)ncn1C(c1ccccc1)(c1ccccc1)c1ccccc1. The molecule has 1 amide bonds. The Balaban J connectivity index is 1.37. The van der Waals surface area contributed by atoms with Crippen LogP contribution < -0.4 is 0 Å². The summed E-state index contributed by atoms with van der Waals surface area (Å²) in [6.07, 6.45) is 3.59. The minimum absolute atomic E-state index is 0.0256. The van der Waals surface area contributed by atoms with E-state index in [1.54, 1.807) is 0 Å². The average molecular weight is 551 g/mol. The highest BCUT2D eigenvalue weighted by atomic mass is 16.2. The van der Waals surface area contributed by atoms with Crippen molar-refractivity contribution in [3.05, 3.63) is 161 Å². The number of amides is 1. The molecule has 7 rings (SSSR count). The minimum atomic E-state index is -0.632. The second-order valence-corrected chi connectivity index (χ2v) is 11.0. The van der Waals surface area contributed by atoms with Crippen LogP contribution in [0.3, 0.4) is 0 Å². The number of carbonyl (C=O) groups is 1. The number of hydrogen-bond acceptors (Lipinski definition) is 2. The molecule has 0 N–H and O–H groups in total. The molecule has 2 aromatic heterocycles. The Bertz CT molecular complexity index is 1770. The minimum Gasteiger partial charge on any atom is -0.318 e. The van der Waals surface area contributed by atoms with Crippen molar-refractivity contribution in [2.45, 2.75) is 38.8 Å². The van der Waals surface area contributed by atoms with Gasteiger partial charge < -0.3 is 9.47 Å². The smallest absolute Gasteiger partial charge is 0.318 e. The van der Waals surface area contributed by atoms with E-state index in [4.69, 9.17) is 4.98 Å². The number of aromatic nitrogens is 3. The second-order valence-electron chi connectivity index (χ2n) is 11.0. The first kappa shape index (κ1) is 26.0. The third-order valence-electron chi connectivity index (χ3n) is 8.90. The van der Waals surface area contributed by atoms with Crippen LogP contribution in [0.5, 0.6) is 0 Å². The van der Waals surface area contributed by atoms with Crippen molar-refractivity contribution in [1.82, 2.24) is 19.0 Å². The Morgan fingerprint density at radius 3 is 1.88 bits per heavy atom. The van der Waals surface area contributed by atoms with Crippen molar-refractivity contribution >= 4 is 16.9 Å². The number of para-hydroxylation sites is 1. The van der Waals surface area contributed by atoms with E-state index in [1.165, 1.54) is 5.56 Å². The van der Waals surface area contributed by atoms with Gasteiger partial charge >= 0.3 is 6.03 Å². The van der Waals surface area contributed by atoms with Gasteiger partial charge in [-0.1, -0.05) is 116 Å². The maximum Gasteiger partial charge on any atom is 0.329 e. The summed E-state index contributed by atoms with van der Waals surface area (Å²) in [4.78, 5) is 21.0. The zero-order valence-corrected chi connectivity index (χ0v) is 24.1. The molecular formula is C37H34N4O. The Hall–Kier alpha value is -4.90. The first-order valence-corrected chi connectivity index (χ1v) is 14.7. The van der Waals surface area contributed by atoms with Crippen molar-refractivity contribution in [3.63, 3.8) is 0 Å². The number of benzene rings is 4. The van der Waals surface area contributed by atoms with Gasteiger partial charge in [-0.05, 0) is 41.7 Å². The highest BCUT2D eigenvalue weighted by Crippen LogP contribution is 2.42. The van der Waals surface area contributed by atoms with Crippen LogP contribution >= 0.6 is 0 Å². The molecule has 42 heavy (non-hydrogen) atoms.